The third kappa shape index (κ3) is 4.40. The molecule has 0 fully saturated rings. The Labute approximate surface area is 99.9 Å². The van der Waals surface area contributed by atoms with Crippen LogP contribution in [-0.4, -0.2) is 33.5 Å². The summed E-state index contributed by atoms with van der Waals surface area (Å²) < 4.78 is 38.1. The van der Waals surface area contributed by atoms with Crippen molar-refractivity contribution < 1.29 is 12.8 Å². The third-order valence-electron chi connectivity index (χ3n) is 1.66. The highest BCUT2D eigenvalue weighted by Gasteiger charge is 2.13. The highest BCUT2D eigenvalue weighted by Crippen LogP contribution is 2.07. The van der Waals surface area contributed by atoms with Crippen molar-refractivity contribution in [2.45, 2.75) is 4.90 Å². The van der Waals surface area contributed by atoms with Gasteiger partial charge in [-0.05, 0) is 13.1 Å². The van der Waals surface area contributed by atoms with E-state index >= 15 is 0 Å². The van der Waals surface area contributed by atoms with Crippen LogP contribution in [0.2, 0.25) is 0 Å². The van der Waals surface area contributed by atoms with E-state index < -0.39 is 15.8 Å². The van der Waals surface area contributed by atoms with Crippen LogP contribution in [0.3, 0.4) is 0 Å². The lowest BCUT2D eigenvalue weighted by molar-refractivity contribution is 0.574. The fourth-order valence-corrected chi connectivity index (χ4v) is 1.94. The van der Waals surface area contributed by atoms with Gasteiger partial charge in [0.2, 0.25) is 10.0 Å². The Balaban J connectivity index is 0.00000225. The number of nitrogens with one attached hydrogen (secondary N) is 2. The number of rotatable bonds is 5. The van der Waals surface area contributed by atoms with Gasteiger partial charge in [0, 0.05) is 19.3 Å². The standard InChI is InChI=1S/C8H12FN3O2S.ClH/c1-10-2-3-12-15(13,14)8-4-7(9)5-11-6-8;/h4-6,10,12H,2-3H2,1H3;1H. The topological polar surface area (TPSA) is 71.1 Å². The van der Waals surface area contributed by atoms with Gasteiger partial charge in [-0.1, -0.05) is 0 Å². The average Bonchev–Trinajstić information content (AvgIpc) is 2.18. The second kappa shape index (κ2) is 6.74. The first-order valence-corrected chi connectivity index (χ1v) is 5.79. The van der Waals surface area contributed by atoms with Gasteiger partial charge in [-0.25, -0.2) is 17.5 Å². The molecule has 1 aromatic heterocycles. The van der Waals surface area contributed by atoms with Crippen molar-refractivity contribution in [3.63, 3.8) is 0 Å². The van der Waals surface area contributed by atoms with Crippen molar-refractivity contribution in [2.75, 3.05) is 20.1 Å². The van der Waals surface area contributed by atoms with Crippen molar-refractivity contribution in [2.24, 2.45) is 0 Å². The van der Waals surface area contributed by atoms with Gasteiger partial charge in [-0.2, -0.15) is 0 Å². The number of pyridine rings is 1. The number of aromatic nitrogens is 1. The molecule has 16 heavy (non-hydrogen) atoms. The van der Waals surface area contributed by atoms with Crippen LogP contribution in [0.5, 0.6) is 0 Å². The maximum Gasteiger partial charge on any atom is 0.242 e. The third-order valence-corrected chi connectivity index (χ3v) is 3.09. The molecule has 1 aromatic rings. The summed E-state index contributed by atoms with van der Waals surface area (Å²) in [4.78, 5) is 3.30. The normalized spacial score (nSPS) is 10.9. The quantitative estimate of drug-likeness (QED) is 0.746. The van der Waals surface area contributed by atoms with Crippen molar-refractivity contribution in [1.82, 2.24) is 15.0 Å². The minimum Gasteiger partial charge on any atom is -0.318 e. The molecule has 0 amide bonds. The van der Waals surface area contributed by atoms with Crippen LogP contribution in [0, 0.1) is 5.82 Å². The first-order chi connectivity index (χ1) is 7.06. The molecule has 8 heteroatoms. The zero-order chi connectivity index (χ0) is 11.3. The van der Waals surface area contributed by atoms with Crippen LogP contribution < -0.4 is 10.0 Å². The summed E-state index contributed by atoms with van der Waals surface area (Å²) in [5.41, 5.74) is 0. The van der Waals surface area contributed by atoms with Crippen molar-refractivity contribution >= 4 is 22.4 Å². The second-order valence-electron chi connectivity index (χ2n) is 2.84. The Morgan fingerprint density at radius 3 is 2.62 bits per heavy atom. The number of hydrogen-bond acceptors (Lipinski definition) is 4. The predicted molar refractivity (Wildman–Crippen MR) is 60.6 cm³/mol. The van der Waals surface area contributed by atoms with Crippen LogP contribution >= 0.6 is 12.4 Å². The van der Waals surface area contributed by atoms with E-state index in [1.165, 1.54) is 0 Å². The summed E-state index contributed by atoms with van der Waals surface area (Å²) in [7, 11) is -1.94. The van der Waals surface area contributed by atoms with E-state index in [-0.39, 0.29) is 23.8 Å². The molecule has 5 nitrogen and oxygen atoms in total. The molecular weight excluding hydrogens is 257 g/mol. The number of hydrogen-bond donors (Lipinski definition) is 2. The van der Waals surface area contributed by atoms with Crippen molar-refractivity contribution in [1.29, 1.82) is 0 Å². The van der Waals surface area contributed by atoms with E-state index in [9.17, 15) is 12.8 Å². The predicted octanol–water partition coefficient (Wildman–Crippen LogP) is 0.140. The maximum absolute atomic E-state index is 12.7. The molecule has 1 rings (SSSR count). The van der Waals surface area contributed by atoms with E-state index in [0.717, 1.165) is 18.5 Å². The van der Waals surface area contributed by atoms with Gasteiger partial charge in [-0.15, -0.1) is 12.4 Å². The lowest BCUT2D eigenvalue weighted by Gasteiger charge is -2.05. The van der Waals surface area contributed by atoms with Gasteiger partial charge in [0.15, 0.2) is 0 Å². The highest BCUT2D eigenvalue weighted by atomic mass is 35.5. The van der Waals surface area contributed by atoms with Gasteiger partial charge in [0.1, 0.15) is 10.7 Å². The van der Waals surface area contributed by atoms with E-state index in [2.05, 4.69) is 15.0 Å². The van der Waals surface area contributed by atoms with Crippen molar-refractivity contribution in [3.8, 4) is 0 Å². The minimum absolute atomic E-state index is 0. The molecule has 0 aliphatic carbocycles. The molecule has 0 spiro atoms. The monoisotopic (exact) mass is 269 g/mol. The molecule has 0 aromatic carbocycles. The second-order valence-corrected chi connectivity index (χ2v) is 4.61. The van der Waals surface area contributed by atoms with Crippen molar-refractivity contribution in [3.05, 3.63) is 24.3 Å². The highest BCUT2D eigenvalue weighted by molar-refractivity contribution is 7.89. The molecule has 0 radical (unpaired) electrons. The Hall–Kier alpha value is -0.760. The van der Waals surface area contributed by atoms with Gasteiger partial charge in [0.05, 0.1) is 6.20 Å². The first kappa shape index (κ1) is 15.2. The lowest BCUT2D eigenvalue weighted by Crippen LogP contribution is -2.30. The maximum atomic E-state index is 12.7. The summed E-state index contributed by atoms with van der Waals surface area (Å²) in [5, 5.41) is 2.79. The van der Waals surface area contributed by atoms with Gasteiger partial charge >= 0.3 is 0 Å². The summed E-state index contributed by atoms with van der Waals surface area (Å²) in [6.07, 6.45) is 2.05. The molecule has 0 bridgehead atoms. The number of likely N-dealkylation sites (N-methyl/N-ethyl adjacent to an activating group) is 1. The zero-order valence-corrected chi connectivity index (χ0v) is 10.2. The Kier molecular flexibility index (Phi) is 6.42. The molecular formula is C8H13ClFN3O2S. The van der Waals surface area contributed by atoms with Crippen LogP contribution in [0.4, 0.5) is 4.39 Å². The molecule has 92 valence electrons. The molecule has 0 saturated heterocycles. The Morgan fingerprint density at radius 1 is 1.38 bits per heavy atom. The van der Waals surface area contributed by atoms with Crippen LogP contribution in [0.1, 0.15) is 0 Å². The number of halogens is 2. The number of sulfonamides is 1. The van der Waals surface area contributed by atoms with E-state index in [0.29, 0.717) is 6.54 Å². The minimum atomic E-state index is -3.65. The molecule has 0 aliphatic heterocycles. The molecule has 1 heterocycles. The van der Waals surface area contributed by atoms with Gasteiger partial charge in [-0.3, -0.25) is 4.98 Å². The largest absolute Gasteiger partial charge is 0.318 e. The summed E-state index contributed by atoms with van der Waals surface area (Å²) >= 11 is 0. The van der Waals surface area contributed by atoms with E-state index in [4.69, 9.17) is 0 Å². The lowest BCUT2D eigenvalue weighted by atomic mass is 10.5. The van der Waals surface area contributed by atoms with E-state index in [1.54, 1.807) is 7.05 Å². The molecule has 0 atom stereocenters. The van der Waals surface area contributed by atoms with E-state index in [1.807, 2.05) is 0 Å². The zero-order valence-electron chi connectivity index (χ0n) is 8.60. The Bertz CT molecular complexity index is 427. The molecule has 0 unspecified atom stereocenters. The smallest absolute Gasteiger partial charge is 0.242 e. The fourth-order valence-electron chi connectivity index (χ4n) is 0.933. The molecule has 0 saturated carbocycles. The average molecular weight is 270 g/mol. The van der Waals surface area contributed by atoms with Gasteiger partial charge in [0.25, 0.3) is 0 Å². The summed E-state index contributed by atoms with van der Waals surface area (Å²) in [6, 6.07) is 0.925. The molecule has 2 N–H and O–H groups in total. The SMILES string of the molecule is CNCCNS(=O)(=O)c1cncc(F)c1.Cl. The van der Waals surface area contributed by atoms with Crippen LogP contribution in [0.15, 0.2) is 23.4 Å². The van der Waals surface area contributed by atoms with Crippen LogP contribution in [-0.2, 0) is 10.0 Å². The fraction of sp³-hybridized carbons (Fsp3) is 0.375. The Morgan fingerprint density at radius 2 is 2.06 bits per heavy atom. The molecule has 0 aliphatic rings. The number of nitrogens with zero attached hydrogens (tertiary/aromatic N) is 1. The summed E-state index contributed by atoms with van der Waals surface area (Å²) in [5.74, 6) is -0.675. The summed E-state index contributed by atoms with van der Waals surface area (Å²) in [6.45, 7) is 0.747. The first-order valence-electron chi connectivity index (χ1n) is 4.31. The van der Waals surface area contributed by atoms with Gasteiger partial charge < -0.3 is 5.32 Å². The van der Waals surface area contributed by atoms with Crippen LogP contribution in [0.25, 0.3) is 0 Å².